The molecular weight excluding hydrogens is 372 g/mol. The molecule has 1 aliphatic carbocycles. The van der Waals surface area contributed by atoms with Gasteiger partial charge in [-0.1, -0.05) is 48.5 Å². The van der Waals surface area contributed by atoms with Crippen molar-refractivity contribution in [3.63, 3.8) is 0 Å². The Labute approximate surface area is 175 Å². The van der Waals surface area contributed by atoms with E-state index in [4.69, 9.17) is 0 Å². The quantitative estimate of drug-likeness (QED) is 0.520. The third kappa shape index (κ3) is 3.28. The molecule has 1 aliphatic rings. The van der Waals surface area contributed by atoms with Crippen LogP contribution in [0.15, 0.2) is 77.6 Å². The van der Waals surface area contributed by atoms with Crippen molar-refractivity contribution in [3.05, 3.63) is 94.1 Å². The van der Waals surface area contributed by atoms with Crippen LogP contribution in [0.1, 0.15) is 29.9 Å². The largest absolute Gasteiger partial charge is 0.354 e. The van der Waals surface area contributed by atoms with Gasteiger partial charge in [0, 0.05) is 23.2 Å². The summed E-state index contributed by atoms with van der Waals surface area (Å²) < 4.78 is 1.95. The molecule has 1 N–H and O–H groups in total. The second-order valence-electron chi connectivity index (χ2n) is 8.04. The predicted molar refractivity (Wildman–Crippen MR) is 121 cm³/mol. The molecule has 4 heteroatoms. The van der Waals surface area contributed by atoms with Crippen LogP contribution >= 0.6 is 0 Å². The van der Waals surface area contributed by atoms with Crippen molar-refractivity contribution in [1.29, 1.82) is 0 Å². The Morgan fingerprint density at radius 3 is 2.27 bits per heavy atom. The molecule has 0 radical (unpaired) electrons. The SMILES string of the molecule is O=C(Cn1c2ccccc2c(=O)c2ccccc21)NC[C@H]1CCCc2ccccc21. The van der Waals surface area contributed by atoms with Gasteiger partial charge in [0.05, 0.1) is 11.0 Å². The number of carbonyl (C=O) groups is 1. The lowest BCUT2D eigenvalue weighted by Crippen LogP contribution is -2.33. The van der Waals surface area contributed by atoms with E-state index in [2.05, 4.69) is 29.6 Å². The van der Waals surface area contributed by atoms with E-state index in [1.807, 2.05) is 53.1 Å². The molecule has 4 aromatic rings. The summed E-state index contributed by atoms with van der Waals surface area (Å²) in [5, 5.41) is 4.44. The molecule has 30 heavy (non-hydrogen) atoms. The summed E-state index contributed by atoms with van der Waals surface area (Å²) in [6, 6.07) is 23.6. The number of rotatable bonds is 4. The number of fused-ring (bicyclic) bond motifs is 3. The van der Waals surface area contributed by atoms with Crippen LogP contribution in [0, 0.1) is 0 Å². The number of nitrogens with one attached hydrogen (secondary N) is 1. The molecule has 0 bridgehead atoms. The molecule has 1 amide bonds. The summed E-state index contributed by atoms with van der Waals surface area (Å²) >= 11 is 0. The van der Waals surface area contributed by atoms with Gasteiger partial charge in [0.25, 0.3) is 0 Å². The number of aromatic nitrogens is 1. The molecule has 0 fully saturated rings. The van der Waals surface area contributed by atoms with Crippen LogP contribution < -0.4 is 10.7 Å². The van der Waals surface area contributed by atoms with Gasteiger partial charge in [0.1, 0.15) is 6.54 Å². The fourth-order valence-corrected chi connectivity index (χ4v) is 4.75. The maximum absolute atomic E-state index is 12.9. The number of carbonyl (C=O) groups excluding carboxylic acids is 1. The minimum Gasteiger partial charge on any atom is -0.354 e. The lowest BCUT2D eigenvalue weighted by Gasteiger charge is -2.26. The second-order valence-corrected chi connectivity index (χ2v) is 8.04. The van der Waals surface area contributed by atoms with Crippen molar-refractivity contribution in [1.82, 2.24) is 9.88 Å². The average molecular weight is 396 g/mol. The van der Waals surface area contributed by atoms with Crippen LogP contribution in [0.5, 0.6) is 0 Å². The van der Waals surface area contributed by atoms with Crippen molar-refractivity contribution in [2.45, 2.75) is 31.7 Å². The number of hydrogen-bond acceptors (Lipinski definition) is 2. The Balaban J connectivity index is 1.43. The molecule has 1 heterocycles. The topological polar surface area (TPSA) is 51.1 Å². The van der Waals surface area contributed by atoms with Gasteiger partial charge in [0.2, 0.25) is 5.91 Å². The minimum absolute atomic E-state index is 0.0108. The van der Waals surface area contributed by atoms with Crippen molar-refractivity contribution in [2.75, 3.05) is 6.54 Å². The highest BCUT2D eigenvalue weighted by atomic mass is 16.2. The molecule has 3 aromatic carbocycles. The molecular formula is C26H24N2O2. The van der Waals surface area contributed by atoms with E-state index < -0.39 is 0 Å². The summed E-state index contributed by atoms with van der Waals surface area (Å²) in [5.41, 5.74) is 4.36. The van der Waals surface area contributed by atoms with E-state index in [1.165, 1.54) is 11.1 Å². The lowest BCUT2D eigenvalue weighted by atomic mass is 9.83. The third-order valence-corrected chi connectivity index (χ3v) is 6.22. The van der Waals surface area contributed by atoms with Gasteiger partial charge in [-0.2, -0.15) is 0 Å². The van der Waals surface area contributed by atoms with Crippen LogP contribution in [0.3, 0.4) is 0 Å². The van der Waals surface area contributed by atoms with E-state index in [0.717, 1.165) is 30.3 Å². The number of benzene rings is 3. The second kappa shape index (κ2) is 7.79. The molecule has 1 aromatic heterocycles. The number of hydrogen-bond donors (Lipinski definition) is 1. The molecule has 0 saturated heterocycles. The molecule has 4 nitrogen and oxygen atoms in total. The van der Waals surface area contributed by atoms with Crippen LogP contribution in [0.2, 0.25) is 0 Å². The Morgan fingerprint density at radius 2 is 1.53 bits per heavy atom. The maximum Gasteiger partial charge on any atom is 0.239 e. The lowest BCUT2D eigenvalue weighted by molar-refractivity contribution is -0.121. The zero-order valence-electron chi connectivity index (χ0n) is 16.8. The third-order valence-electron chi connectivity index (χ3n) is 6.22. The molecule has 150 valence electrons. The Morgan fingerprint density at radius 1 is 0.900 bits per heavy atom. The predicted octanol–water partition coefficient (Wildman–Crippen LogP) is 4.39. The summed E-state index contributed by atoms with van der Waals surface area (Å²) in [6.07, 6.45) is 3.38. The standard InChI is InChI=1S/C26H24N2O2/c29-25(27-16-19-10-7-9-18-8-1-2-11-20(18)19)17-28-23-14-5-3-12-21(23)26(30)22-13-4-6-15-24(22)28/h1-6,8,11-15,19H,7,9-10,16-17H2,(H,27,29)/t19-/m1/s1. The van der Waals surface area contributed by atoms with Crippen molar-refractivity contribution < 1.29 is 4.79 Å². The highest BCUT2D eigenvalue weighted by molar-refractivity contribution is 5.94. The molecule has 5 rings (SSSR count). The van der Waals surface area contributed by atoms with Gasteiger partial charge in [-0.25, -0.2) is 0 Å². The van der Waals surface area contributed by atoms with Gasteiger partial charge in [-0.15, -0.1) is 0 Å². The van der Waals surface area contributed by atoms with E-state index in [1.54, 1.807) is 0 Å². The summed E-state index contributed by atoms with van der Waals surface area (Å²) in [5.74, 6) is 0.332. The molecule has 0 saturated carbocycles. The van der Waals surface area contributed by atoms with E-state index >= 15 is 0 Å². The Hall–Kier alpha value is -3.40. The van der Waals surface area contributed by atoms with Gasteiger partial charge >= 0.3 is 0 Å². The van der Waals surface area contributed by atoms with Crippen molar-refractivity contribution >= 4 is 27.7 Å². The first-order valence-corrected chi connectivity index (χ1v) is 10.6. The first kappa shape index (κ1) is 18.6. The number of amides is 1. The van der Waals surface area contributed by atoms with Crippen LogP contribution in [-0.4, -0.2) is 17.0 Å². The zero-order valence-corrected chi connectivity index (χ0v) is 16.8. The number of para-hydroxylation sites is 2. The van der Waals surface area contributed by atoms with E-state index in [9.17, 15) is 9.59 Å². The fraction of sp³-hybridized carbons (Fsp3) is 0.231. The summed E-state index contributed by atoms with van der Waals surface area (Å²) in [4.78, 5) is 25.8. The normalized spacial score (nSPS) is 15.8. The minimum atomic E-state index is -0.0305. The Bertz CT molecular complexity index is 1250. The van der Waals surface area contributed by atoms with E-state index in [0.29, 0.717) is 23.2 Å². The van der Waals surface area contributed by atoms with Gasteiger partial charge < -0.3 is 9.88 Å². The molecule has 1 atom stereocenters. The van der Waals surface area contributed by atoms with Crippen molar-refractivity contribution in [2.24, 2.45) is 0 Å². The van der Waals surface area contributed by atoms with Crippen LogP contribution in [0.25, 0.3) is 21.8 Å². The van der Waals surface area contributed by atoms with Gasteiger partial charge in [-0.05, 0) is 54.7 Å². The fourth-order valence-electron chi connectivity index (χ4n) is 4.75. The van der Waals surface area contributed by atoms with Gasteiger partial charge in [-0.3, -0.25) is 9.59 Å². The molecule has 0 unspecified atom stereocenters. The Kier molecular flexibility index (Phi) is 4.83. The highest BCUT2D eigenvalue weighted by Gasteiger charge is 2.20. The smallest absolute Gasteiger partial charge is 0.239 e. The monoisotopic (exact) mass is 396 g/mol. The summed E-state index contributed by atoms with van der Waals surface area (Å²) in [6.45, 7) is 0.835. The first-order chi connectivity index (χ1) is 14.7. The summed E-state index contributed by atoms with van der Waals surface area (Å²) in [7, 11) is 0. The molecule has 0 aliphatic heterocycles. The maximum atomic E-state index is 12.9. The highest BCUT2D eigenvalue weighted by Crippen LogP contribution is 2.30. The number of pyridine rings is 1. The zero-order chi connectivity index (χ0) is 20.5. The number of nitrogens with zero attached hydrogens (tertiary/aromatic N) is 1. The molecule has 0 spiro atoms. The van der Waals surface area contributed by atoms with Crippen LogP contribution in [-0.2, 0) is 17.8 Å². The first-order valence-electron chi connectivity index (χ1n) is 10.6. The number of aryl methyl sites for hydroxylation is 1. The van der Waals surface area contributed by atoms with Crippen LogP contribution in [0.4, 0.5) is 0 Å². The average Bonchev–Trinajstić information content (AvgIpc) is 2.80. The van der Waals surface area contributed by atoms with E-state index in [-0.39, 0.29) is 17.9 Å². The van der Waals surface area contributed by atoms with Gasteiger partial charge in [0.15, 0.2) is 5.43 Å². The van der Waals surface area contributed by atoms with Crippen molar-refractivity contribution in [3.8, 4) is 0 Å².